The number of rotatable bonds is 4. The molecule has 0 radical (unpaired) electrons. The molecule has 1 aromatic heterocycles. The van der Waals surface area contributed by atoms with Crippen molar-refractivity contribution in [2.75, 3.05) is 0 Å². The van der Waals surface area contributed by atoms with Crippen molar-refractivity contribution in [1.82, 2.24) is 9.78 Å². The van der Waals surface area contributed by atoms with Crippen LogP contribution in [0.3, 0.4) is 0 Å². The number of aromatic nitrogens is 2. The molecule has 0 aliphatic rings. The molecule has 0 spiro atoms. The maximum atomic E-state index is 13.5. The fourth-order valence-electron chi connectivity index (χ4n) is 2.09. The van der Waals surface area contributed by atoms with E-state index in [1.54, 1.807) is 10.7 Å². The minimum Gasteiger partial charge on any atom is -0.386 e. The lowest BCUT2D eigenvalue weighted by Gasteiger charge is -2.13. The summed E-state index contributed by atoms with van der Waals surface area (Å²) in [5.41, 5.74) is 1.73. The minimum absolute atomic E-state index is 0.0945. The zero-order valence-electron chi connectivity index (χ0n) is 10.9. The number of nitrogens with zero attached hydrogens (tertiary/aromatic N) is 2. The summed E-state index contributed by atoms with van der Waals surface area (Å²) in [6, 6.07) is 5.14. The van der Waals surface area contributed by atoms with Gasteiger partial charge in [-0.1, -0.05) is 6.07 Å². The van der Waals surface area contributed by atoms with E-state index in [-0.39, 0.29) is 12.0 Å². The number of aryl methyl sites for hydroxylation is 2. The molecule has 0 aliphatic carbocycles. The summed E-state index contributed by atoms with van der Waals surface area (Å²) in [6.07, 6.45) is -0.766. The van der Waals surface area contributed by atoms with Gasteiger partial charge in [0.15, 0.2) is 0 Å². The van der Waals surface area contributed by atoms with E-state index >= 15 is 0 Å². The number of benzene rings is 1. The molecule has 19 heavy (non-hydrogen) atoms. The molecule has 1 aromatic carbocycles. The standard InChI is InChI=1S/C14H16F2N2O/c1-3-18-13(6-9(2)17-18)14(19)7-10-4-5-11(15)8-12(10)16/h4-6,8,14,19H,3,7H2,1-2H3. The predicted octanol–water partition coefficient (Wildman–Crippen LogP) is 2.77. The Balaban J connectivity index is 2.22. The summed E-state index contributed by atoms with van der Waals surface area (Å²) in [7, 11) is 0. The fourth-order valence-corrected chi connectivity index (χ4v) is 2.09. The van der Waals surface area contributed by atoms with Crippen molar-refractivity contribution in [2.24, 2.45) is 0 Å². The minimum atomic E-state index is -0.860. The maximum Gasteiger partial charge on any atom is 0.129 e. The Morgan fingerprint density at radius 1 is 1.32 bits per heavy atom. The summed E-state index contributed by atoms with van der Waals surface area (Å²) in [5.74, 6) is -1.26. The second-order valence-electron chi connectivity index (χ2n) is 4.48. The second kappa shape index (κ2) is 5.48. The highest BCUT2D eigenvalue weighted by Gasteiger charge is 2.16. The molecular formula is C14H16F2N2O. The van der Waals surface area contributed by atoms with Crippen molar-refractivity contribution >= 4 is 0 Å². The van der Waals surface area contributed by atoms with Crippen molar-refractivity contribution in [3.63, 3.8) is 0 Å². The largest absolute Gasteiger partial charge is 0.386 e. The van der Waals surface area contributed by atoms with E-state index in [2.05, 4.69) is 5.10 Å². The lowest BCUT2D eigenvalue weighted by atomic mass is 10.0. The quantitative estimate of drug-likeness (QED) is 0.924. The summed E-state index contributed by atoms with van der Waals surface area (Å²) in [4.78, 5) is 0. The zero-order valence-corrected chi connectivity index (χ0v) is 10.9. The van der Waals surface area contributed by atoms with Crippen molar-refractivity contribution in [2.45, 2.75) is 32.9 Å². The summed E-state index contributed by atoms with van der Waals surface area (Å²) in [5, 5.41) is 14.4. The smallest absolute Gasteiger partial charge is 0.129 e. The Kier molecular flexibility index (Phi) is 3.95. The van der Waals surface area contributed by atoms with Crippen LogP contribution < -0.4 is 0 Å². The average Bonchev–Trinajstić information content (AvgIpc) is 2.74. The van der Waals surface area contributed by atoms with Gasteiger partial charge in [-0.2, -0.15) is 5.10 Å². The molecule has 0 bridgehead atoms. The van der Waals surface area contributed by atoms with Crippen LogP contribution in [0, 0.1) is 18.6 Å². The van der Waals surface area contributed by atoms with E-state index < -0.39 is 17.7 Å². The molecular weight excluding hydrogens is 250 g/mol. The first-order valence-corrected chi connectivity index (χ1v) is 6.17. The Bertz CT molecular complexity index is 581. The highest BCUT2D eigenvalue weighted by molar-refractivity contribution is 5.22. The molecule has 3 nitrogen and oxygen atoms in total. The summed E-state index contributed by atoms with van der Waals surface area (Å²) < 4.78 is 28.0. The van der Waals surface area contributed by atoms with Crippen LogP contribution in [-0.4, -0.2) is 14.9 Å². The lowest BCUT2D eigenvalue weighted by molar-refractivity contribution is 0.166. The van der Waals surface area contributed by atoms with Gasteiger partial charge in [0.25, 0.3) is 0 Å². The SMILES string of the molecule is CCn1nc(C)cc1C(O)Cc1ccc(F)cc1F. The van der Waals surface area contributed by atoms with E-state index in [0.717, 1.165) is 11.8 Å². The van der Waals surface area contributed by atoms with Crippen molar-refractivity contribution < 1.29 is 13.9 Å². The Morgan fingerprint density at radius 2 is 2.05 bits per heavy atom. The number of aliphatic hydroxyl groups is 1. The van der Waals surface area contributed by atoms with E-state index in [0.29, 0.717) is 12.2 Å². The number of halogens is 2. The predicted molar refractivity (Wildman–Crippen MR) is 67.7 cm³/mol. The van der Waals surface area contributed by atoms with Crippen LogP contribution in [0.25, 0.3) is 0 Å². The number of hydrogen-bond acceptors (Lipinski definition) is 2. The van der Waals surface area contributed by atoms with Gasteiger partial charge in [0.2, 0.25) is 0 Å². The van der Waals surface area contributed by atoms with Gasteiger partial charge < -0.3 is 5.11 Å². The summed E-state index contributed by atoms with van der Waals surface area (Å²) in [6.45, 7) is 4.38. The van der Waals surface area contributed by atoms with Gasteiger partial charge in [-0.3, -0.25) is 4.68 Å². The van der Waals surface area contributed by atoms with Gasteiger partial charge in [-0.25, -0.2) is 8.78 Å². The van der Waals surface area contributed by atoms with Crippen LogP contribution in [0.2, 0.25) is 0 Å². The van der Waals surface area contributed by atoms with Crippen molar-refractivity contribution in [3.05, 3.63) is 52.9 Å². The van der Waals surface area contributed by atoms with E-state index in [1.165, 1.54) is 12.1 Å². The first-order valence-electron chi connectivity index (χ1n) is 6.17. The molecule has 0 saturated heterocycles. The topological polar surface area (TPSA) is 38.0 Å². The van der Waals surface area contributed by atoms with Crippen molar-refractivity contribution in [1.29, 1.82) is 0 Å². The highest BCUT2D eigenvalue weighted by Crippen LogP contribution is 2.21. The van der Waals surface area contributed by atoms with Crippen LogP contribution in [0.15, 0.2) is 24.3 Å². The normalized spacial score (nSPS) is 12.7. The molecule has 1 heterocycles. The van der Waals surface area contributed by atoms with E-state index in [9.17, 15) is 13.9 Å². The van der Waals surface area contributed by atoms with Crippen LogP contribution in [0.1, 0.15) is 30.0 Å². The van der Waals surface area contributed by atoms with Crippen LogP contribution in [0.5, 0.6) is 0 Å². The Morgan fingerprint density at radius 3 is 2.68 bits per heavy atom. The lowest BCUT2D eigenvalue weighted by Crippen LogP contribution is -2.11. The number of hydrogen-bond donors (Lipinski definition) is 1. The first-order chi connectivity index (χ1) is 9.01. The molecule has 0 fully saturated rings. The van der Waals surface area contributed by atoms with E-state index in [4.69, 9.17) is 0 Å². The van der Waals surface area contributed by atoms with Crippen LogP contribution >= 0.6 is 0 Å². The average molecular weight is 266 g/mol. The third-order valence-corrected chi connectivity index (χ3v) is 3.00. The fraction of sp³-hybridized carbons (Fsp3) is 0.357. The van der Waals surface area contributed by atoms with Gasteiger partial charge in [0, 0.05) is 19.0 Å². The van der Waals surface area contributed by atoms with Gasteiger partial charge >= 0.3 is 0 Å². The molecule has 0 aliphatic heterocycles. The Labute approximate surface area is 110 Å². The molecule has 1 N–H and O–H groups in total. The molecule has 1 unspecified atom stereocenters. The maximum absolute atomic E-state index is 13.5. The molecule has 0 amide bonds. The zero-order chi connectivity index (χ0) is 14.0. The molecule has 102 valence electrons. The third-order valence-electron chi connectivity index (χ3n) is 3.00. The monoisotopic (exact) mass is 266 g/mol. The molecule has 2 rings (SSSR count). The van der Waals surface area contributed by atoms with Gasteiger partial charge in [-0.05, 0) is 31.5 Å². The highest BCUT2D eigenvalue weighted by atomic mass is 19.1. The van der Waals surface area contributed by atoms with Crippen LogP contribution in [-0.2, 0) is 13.0 Å². The second-order valence-corrected chi connectivity index (χ2v) is 4.48. The molecule has 0 saturated carbocycles. The van der Waals surface area contributed by atoms with Gasteiger partial charge in [-0.15, -0.1) is 0 Å². The summed E-state index contributed by atoms with van der Waals surface area (Å²) >= 11 is 0. The van der Waals surface area contributed by atoms with E-state index in [1.807, 2.05) is 13.8 Å². The molecule has 1 atom stereocenters. The van der Waals surface area contributed by atoms with Crippen molar-refractivity contribution in [3.8, 4) is 0 Å². The van der Waals surface area contributed by atoms with Gasteiger partial charge in [0.05, 0.1) is 17.5 Å². The first kappa shape index (κ1) is 13.7. The van der Waals surface area contributed by atoms with Gasteiger partial charge in [0.1, 0.15) is 11.6 Å². The number of aliphatic hydroxyl groups excluding tert-OH is 1. The molecule has 2 aromatic rings. The van der Waals surface area contributed by atoms with Crippen LogP contribution in [0.4, 0.5) is 8.78 Å². The Hall–Kier alpha value is -1.75. The third kappa shape index (κ3) is 2.98. The molecule has 5 heteroatoms.